The highest BCUT2D eigenvalue weighted by Crippen LogP contribution is 2.40. The molecule has 3 atom stereocenters. The summed E-state index contributed by atoms with van der Waals surface area (Å²) in [6, 6.07) is 0. The lowest BCUT2D eigenvalue weighted by Gasteiger charge is -2.39. The molecule has 0 heterocycles. The lowest BCUT2D eigenvalue weighted by atomic mass is 9.97. The van der Waals surface area contributed by atoms with Gasteiger partial charge in [-0.15, -0.1) is 0 Å². The molecule has 0 aliphatic carbocycles. The van der Waals surface area contributed by atoms with E-state index in [0.29, 0.717) is 0 Å². The summed E-state index contributed by atoms with van der Waals surface area (Å²) in [6.07, 6.45) is 7.02. The van der Waals surface area contributed by atoms with Gasteiger partial charge in [-0.3, -0.25) is 4.55 Å². The van der Waals surface area contributed by atoms with Gasteiger partial charge < -0.3 is 0 Å². The maximum Gasteiger partial charge on any atom is 0.274 e. The van der Waals surface area contributed by atoms with Crippen molar-refractivity contribution in [3.63, 3.8) is 0 Å². The standard InChI is InChI=1S/C21H44FNO5S2/c1-8-12-14-18(10-3)16-23(17-19(11-4)15-13-9-2)29(24,25)21(7,22)20(5,6)30(26,27)28/h18-19H,8-17H2,1-7H3,(H,26,27,28). The van der Waals surface area contributed by atoms with E-state index >= 15 is 4.39 Å². The summed E-state index contributed by atoms with van der Waals surface area (Å²) >= 11 is 0. The maximum atomic E-state index is 15.8. The van der Waals surface area contributed by atoms with Gasteiger partial charge in [0.15, 0.2) is 0 Å². The van der Waals surface area contributed by atoms with Crippen LogP contribution >= 0.6 is 0 Å². The molecular weight excluding hydrogens is 429 g/mol. The number of halogens is 1. The number of sulfonamides is 1. The van der Waals surface area contributed by atoms with Crippen LogP contribution in [-0.2, 0) is 20.1 Å². The van der Waals surface area contributed by atoms with Gasteiger partial charge in [0, 0.05) is 13.1 Å². The highest BCUT2D eigenvalue weighted by atomic mass is 32.2. The van der Waals surface area contributed by atoms with Crippen LogP contribution in [0.1, 0.15) is 99.8 Å². The van der Waals surface area contributed by atoms with E-state index in [1.165, 1.54) is 0 Å². The molecule has 0 saturated carbocycles. The number of unbranched alkanes of at least 4 members (excludes halogenated alkanes) is 2. The molecule has 0 aromatic carbocycles. The van der Waals surface area contributed by atoms with Crippen molar-refractivity contribution in [3.05, 3.63) is 0 Å². The first-order valence-electron chi connectivity index (χ1n) is 11.3. The minimum absolute atomic E-state index is 0.0630. The Hall–Kier alpha value is -0.250. The summed E-state index contributed by atoms with van der Waals surface area (Å²) in [5, 5.41) is -3.18. The fraction of sp³-hybridized carbons (Fsp3) is 1.00. The first-order valence-corrected chi connectivity index (χ1v) is 14.2. The van der Waals surface area contributed by atoms with Crippen LogP contribution in [-0.4, -0.2) is 48.5 Å². The van der Waals surface area contributed by atoms with Gasteiger partial charge in [0.05, 0.1) is 0 Å². The van der Waals surface area contributed by atoms with Crippen molar-refractivity contribution in [2.45, 2.75) is 110 Å². The molecule has 0 aliphatic heterocycles. The summed E-state index contributed by atoms with van der Waals surface area (Å²) in [6.45, 7) is 11.0. The highest BCUT2D eigenvalue weighted by molar-refractivity contribution is 7.93. The molecule has 182 valence electrons. The van der Waals surface area contributed by atoms with Crippen LogP contribution in [0.3, 0.4) is 0 Å². The van der Waals surface area contributed by atoms with Gasteiger partial charge >= 0.3 is 0 Å². The summed E-state index contributed by atoms with van der Waals surface area (Å²) in [4.78, 5) is 0. The Morgan fingerprint density at radius 2 is 1.20 bits per heavy atom. The largest absolute Gasteiger partial charge is 0.285 e. The summed E-state index contributed by atoms with van der Waals surface area (Å²) in [7, 11) is -9.63. The number of hydrogen-bond acceptors (Lipinski definition) is 4. The third-order valence-corrected chi connectivity index (χ3v) is 10.8. The zero-order valence-corrected chi connectivity index (χ0v) is 21.6. The van der Waals surface area contributed by atoms with Crippen LogP contribution in [0.2, 0.25) is 0 Å². The second kappa shape index (κ2) is 12.1. The quantitative estimate of drug-likeness (QED) is 0.303. The Labute approximate surface area is 184 Å². The van der Waals surface area contributed by atoms with Crippen LogP contribution in [0, 0.1) is 11.8 Å². The van der Waals surface area contributed by atoms with E-state index in [2.05, 4.69) is 13.8 Å². The monoisotopic (exact) mass is 473 g/mol. The minimum atomic E-state index is -4.95. The fourth-order valence-electron chi connectivity index (χ4n) is 3.46. The molecule has 30 heavy (non-hydrogen) atoms. The van der Waals surface area contributed by atoms with E-state index in [4.69, 9.17) is 0 Å². The van der Waals surface area contributed by atoms with E-state index in [9.17, 15) is 21.4 Å². The predicted octanol–water partition coefficient (Wildman–Crippen LogP) is 5.40. The average molecular weight is 474 g/mol. The number of alkyl halides is 1. The SMILES string of the molecule is CCCCC(CC)CN(CC(CC)CCCC)S(=O)(=O)C(C)(F)C(C)(C)S(=O)(=O)O. The molecular formula is C21H44FNO5S2. The number of nitrogens with zero attached hydrogens (tertiary/aromatic N) is 1. The van der Waals surface area contributed by atoms with Gasteiger partial charge in [0.25, 0.3) is 20.1 Å². The summed E-state index contributed by atoms with van der Waals surface area (Å²) < 4.78 is 74.7. The molecule has 0 aromatic rings. The summed E-state index contributed by atoms with van der Waals surface area (Å²) in [5.41, 5.74) is 0. The average Bonchev–Trinajstić information content (AvgIpc) is 2.65. The molecule has 0 aromatic heterocycles. The summed E-state index contributed by atoms with van der Waals surface area (Å²) in [5.74, 6) is 0.126. The Kier molecular flexibility index (Phi) is 12.0. The molecule has 1 N–H and O–H groups in total. The Morgan fingerprint density at radius 1 is 0.833 bits per heavy atom. The van der Waals surface area contributed by atoms with Crippen molar-refractivity contribution < 1.29 is 25.8 Å². The zero-order chi connectivity index (χ0) is 23.8. The fourth-order valence-corrected chi connectivity index (χ4v) is 6.48. The van der Waals surface area contributed by atoms with Crippen molar-refractivity contribution in [2.75, 3.05) is 13.1 Å². The second-order valence-electron chi connectivity index (χ2n) is 9.06. The zero-order valence-electron chi connectivity index (χ0n) is 19.9. The van der Waals surface area contributed by atoms with Crippen LogP contribution in [0.15, 0.2) is 0 Å². The molecule has 0 aliphatic rings. The van der Waals surface area contributed by atoms with Crippen LogP contribution in [0.4, 0.5) is 4.39 Å². The van der Waals surface area contributed by atoms with Gasteiger partial charge in [-0.2, -0.15) is 12.7 Å². The third kappa shape index (κ3) is 7.14. The number of rotatable bonds is 16. The first kappa shape index (κ1) is 29.8. The van der Waals surface area contributed by atoms with Gasteiger partial charge in [-0.25, -0.2) is 12.8 Å². The molecule has 0 bridgehead atoms. The Morgan fingerprint density at radius 3 is 1.47 bits per heavy atom. The topological polar surface area (TPSA) is 91.8 Å². The maximum absolute atomic E-state index is 15.8. The van der Waals surface area contributed by atoms with Gasteiger partial charge in [0.1, 0.15) is 4.75 Å². The lowest BCUT2D eigenvalue weighted by molar-refractivity contribution is 0.194. The van der Waals surface area contributed by atoms with E-state index in [1.54, 1.807) is 0 Å². The van der Waals surface area contributed by atoms with Crippen molar-refractivity contribution in [1.82, 2.24) is 4.31 Å². The van der Waals surface area contributed by atoms with Gasteiger partial charge in [-0.1, -0.05) is 66.2 Å². The molecule has 3 unspecified atom stereocenters. The van der Waals surface area contributed by atoms with Crippen molar-refractivity contribution in [1.29, 1.82) is 0 Å². The van der Waals surface area contributed by atoms with Gasteiger partial charge in [0.2, 0.25) is 5.00 Å². The van der Waals surface area contributed by atoms with Crippen LogP contribution in [0.5, 0.6) is 0 Å². The van der Waals surface area contributed by atoms with Crippen molar-refractivity contribution in [2.24, 2.45) is 11.8 Å². The molecule has 6 nitrogen and oxygen atoms in total. The smallest absolute Gasteiger partial charge is 0.274 e. The molecule has 0 saturated heterocycles. The van der Waals surface area contributed by atoms with Crippen LogP contribution < -0.4 is 0 Å². The molecule has 0 amide bonds. The Balaban J connectivity index is 6.17. The van der Waals surface area contributed by atoms with Crippen molar-refractivity contribution >= 4 is 20.1 Å². The molecule has 0 rings (SSSR count). The molecule has 0 radical (unpaired) electrons. The molecule has 0 fully saturated rings. The number of hydrogen-bond donors (Lipinski definition) is 1. The van der Waals surface area contributed by atoms with E-state index in [1.807, 2.05) is 13.8 Å². The van der Waals surface area contributed by atoms with E-state index in [-0.39, 0.29) is 24.9 Å². The normalized spacial score (nSPS) is 17.7. The highest BCUT2D eigenvalue weighted by Gasteiger charge is 2.61. The van der Waals surface area contributed by atoms with Crippen LogP contribution in [0.25, 0.3) is 0 Å². The van der Waals surface area contributed by atoms with E-state index in [0.717, 1.165) is 76.4 Å². The second-order valence-corrected chi connectivity index (χ2v) is 13.3. The van der Waals surface area contributed by atoms with E-state index < -0.39 is 29.9 Å². The van der Waals surface area contributed by atoms with Gasteiger partial charge in [-0.05, 0) is 45.4 Å². The molecule has 9 heteroatoms. The Bertz CT molecular complexity index is 687. The lowest BCUT2D eigenvalue weighted by Crippen LogP contribution is -2.59. The molecule has 0 spiro atoms. The predicted molar refractivity (Wildman–Crippen MR) is 122 cm³/mol. The minimum Gasteiger partial charge on any atom is -0.285 e. The van der Waals surface area contributed by atoms with Crippen molar-refractivity contribution in [3.8, 4) is 0 Å². The first-order chi connectivity index (χ1) is 13.6. The third-order valence-electron chi connectivity index (χ3n) is 6.55.